The van der Waals surface area contributed by atoms with Crippen molar-refractivity contribution in [1.82, 2.24) is 0 Å². The van der Waals surface area contributed by atoms with Crippen molar-refractivity contribution in [3.8, 4) is 0 Å². The van der Waals surface area contributed by atoms with Gasteiger partial charge in [0.25, 0.3) is 0 Å². The van der Waals surface area contributed by atoms with E-state index in [1.54, 1.807) is 0 Å². The molecule has 0 heterocycles. The van der Waals surface area contributed by atoms with Crippen molar-refractivity contribution >= 4 is 0 Å². The van der Waals surface area contributed by atoms with Crippen molar-refractivity contribution in [3.63, 3.8) is 0 Å². The van der Waals surface area contributed by atoms with Crippen molar-refractivity contribution in [2.75, 3.05) is 0 Å². The lowest BCUT2D eigenvalue weighted by molar-refractivity contribution is 0.498. The average Bonchev–Trinajstić information content (AvgIpc) is 2.08. The van der Waals surface area contributed by atoms with Gasteiger partial charge in [0.2, 0.25) is 0 Å². The summed E-state index contributed by atoms with van der Waals surface area (Å²) in [7, 11) is 0. The predicted molar refractivity (Wildman–Crippen MR) is 57.0 cm³/mol. The zero-order valence-corrected chi connectivity index (χ0v) is 8.69. The van der Waals surface area contributed by atoms with Crippen LogP contribution in [0.3, 0.4) is 0 Å². The second-order valence-electron chi connectivity index (χ2n) is 2.73. The molecule has 0 nitrogen and oxygen atoms in total. The molecule has 0 radical (unpaired) electrons. The van der Waals surface area contributed by atoms with Crippen LogP contribution in [0.2, 0.25) is 0 Å². The Morgan fingerprint density at radius 3 is 2.36 bits per heavy atom. The molecule has 0 rings (SSSR count). The molecule has 0 N–H and O–H groups in total. The molecule has 0 amide bonds. The largest absolute Gasteiger partial charge is 0.103 e. The lowest BCUT2D eigenvalue weighted by Gasteiger charge is -2.04. The number of hydrogen-bond acceptors (Lipinski definition) is 0. The average molecular weight is 158 g/mol. The molecular formula is C11H26. The Bertz CT molecular complexity index is 69.4. The van der Waals surface area contributed by atoms with Crippen LogP contribution in [0.15, 0.2) is 12.7 Å². The summed E-state index contributed by atoms with van der Waals surface area (Å²) in [5.41, 5.74) is 0. The maximum absolute atomic E-state index is 3.68. The molecule has 1 atom stereocenters. The Hall–Kier alpha value is -0.260. The van der Waals surface area contributed by atoms with E-state index in [0.29, 0.717) is 0 Å². The molecule has 0 spiro atoms. The summed E-state index contributed by atoms with van der Waals surface area (Å²) in [6.07, 6.45) is 7.19. The highest BCUT2D eigenvalue weighted by atomic mass is 14.0. The third-order valence-corrected chi connectivity index (χ3v) is 1.80. The Kier molecular flexibility index (Phi) is 15.1. The molecule has 0 unspecified atom stereocenters. The second kappa shape index (κ2) is 12.4. The van der Waals surface area contributed by atoms with E-state index in [0.717, 1.165) is 5.92 Å². The summed E-state index contributed by atoms with van der Waals surface area (Å²) >= 11 is 0. The Labute approximate surface area is 74.2 Å². The topological polar surface area (TPSA) is 0 Å². The van der Waals surface area contributed by atoms with Gasteiger partial charge in [0.1, 0.15) is 0 Å². The van der Waals surface area contributed by atoms with E-state index in [9.17, 15) is 0 Å². The molecule has 0 fully saturated rings. The van der Waals surface area contributed by atoms with Gasteiger partial charge < -0.3 is 0 Å². The SMILES string of the molecule is C=CCCC[C@@H](C)CC.CC.[HH]. The molecular weight excluding hydrogens is 132 g/mol. The van der Waals surface area contributed by atoms with Crippen LogP contribution in [-0.4, -0.2) is 0 Å². The highest BCUT2D eigenvalue weighted by Crippen LogP contribution is 2.10. The highest BCUT2D eigenvalue weighted by Gasteiger charge is 1.95. The molecule has 0 aliphatic heterocycles. The van der Waals surface area contributed by atoms with Crippen LogP contribution in [0.4, 0.5) is 0 Å². The van der Waals surface area contributed by atoms with E-state index >= 15 is 0 Å². The van der Waals surface area contributed by atoms with E-state index in [2.05, 4.69) is 20.4 Å². The second-order valence-corrected chi connectivity index (χ2v) is 2.73. The van der Waals surface area contributed by atoms with Crippen molar-refractivity contribution in [1.29, 1.82) is 0 Å². The first-order chi connectivity index (χ1) is 5.31. The molecule has 0 bridgehead atoms. The van der Waals surface area contributed by atoms with Gasteiger partial charge in [0.15, 0.2) is 0 Å². The van der Waals surface area contributed by atoms with Crippen LogP contribution in [-0.2, 0) is 0 Å². The molecule has 0 aromatic carbocycles. The molecule has 0 saturated carbocycles. The highest BCUT2D eigenvalue weighted by molar-refractivity contribution is 4.66. The molecule has 0 aliphatic rings. The van der Waals surface area contributed by atoms with Crippen molar-refractivity contribution in [2.45, 2.75) is 53.4 Å². The van der Waals surface area contributed by atoms with Crippen LogP contribution in [0.5, 0.6) is 0 Å². The van der Waals surface area contributed by atoms with Crippen molar-refractivity contribution in [2.24, 2.45) is 5.92 Å². The molecule has 0 saturated heterocycles. The minimum atomic E-state index is 0. The number of allylic oxidation sites excluding steroid dienone is 1. The smallest absolute Gasteiger partial charge is 0 e. The predicted octanol–water partition coefficient (Wildman–Crippen LogP) is 4.66. The Morgan fingerprint density at radius 1 is 1.45 bits per heavy atom. The van der Waals surface area contributed by atoms with Gasteiger partial charge in [-0.25, -0.2) is 0 Å². The van der Waals surface area contributed by atoms with Crippen molar-refractivity contribution < 1.29 is 1.43 Å². The fourth-order valence-corrected chi connectivity index (χ4v) is 0.815. The first kappa shape index (κ1) is 13.3. The third kappa shape index (κ3) is 12.8. The number of hydrogen-bond donors (Lipinski definition) is 0. The maximum Gasteiger partial charge on any atom is 0 e. The van der Waals surface area contributed by atoms with E-state index in [1.165, 1.54) is 25.7 Å². The van der Waals surface area contributed by atoms with Gasteiger partial charge in [-0.2, -0.15) is 0 Å². The van der Waals surface area contributed by atoms with Crippen LogP contribution < -0.4 is 0 Å². The molecule has 0 heteroatoms. The minimum Gasteiger partial charge on any atom is -0.103 e. The summed E-state index contributed by atoms with van der Waals surface area (Å²) in [5.74, 6) is 0.907. The fraction of sp³-hybridized carbons (Fsp3) is 0.818. The monoisotopic (exact) mass is 158 g/mol. The molecule has 0 aromatic heterocycles. The summed E-state index contributed by atoms with van der Waals surface area (Å²) in [5, 5.41) is 0. The van der Waals surface area contributed by atoms with Crippen molar-refractivity contribution in [3.05, 3.63) is 12.7 Å². The summed E-state index contributed by atoms with van der Waals surface area (Å²) in [6.45, 7) is 12.2. The molecule has 11 heavy (non-hydrogen) atoms. The maximum atomic E-state index is 3.68. The van der Waals surface area contributed by atoms with Gasteiger partial charge in [0.05, 0.1) is 0 Å². The normalized spacial score (nSPS) is 11.3. The third-order valence-electron chi connectivity index (χ3n) is 1.80. The standard InChI is InChI=1S/C9H18.C2H6.H2/c1-4-6-7-8-9(3)5-2;1-2;/h4,9H,1,5-8H2,2-3H3;1-2H3;1H/t9-;;/m0../s1. The fourth-order valence-electron chi connectivity index (χ4n) is 0.815. The van der Waals surface area contributed by atoms with E-state index in [4.69, 9.17) is 0 Å². The lowest BCUT2D eigenvalue weighted by Crippen LogP contribution is -1.90. The Morgan fingerprint density at radius 2 is 2.00 bits per heavy atom. The minimum absolute atomic E-state index is 0. The summed E-state index contributed by atoms with van der Waals surface area (Å²) < 4.78 is 0. The molecule has 70 valence electrons. The van der Waals surface area contributed by atoms with Crippen LogP contribution >= 0.6 is 0 Å². The van der Waals surface area contributed by atoms with E-state index in [1.807, 2.05) is 19.9 Å². The van der Waals surface area contributed by atoms with Crippen LogP contribution in [0.1, 0.15) is 54.8 Å². The molecule has 0 aromatic rings. The van der Waals surface area contributed by atoms with E-state index in [-0.39, 0.29) is 1.43 Å². The quantitative estimate of drug-likeness (QED) is 0.403. The van der Waals surface area contributed by atoms with Gasteiger partial charge in [-0.1, -0.05) is 46.6 Å². The zero-order valence-electron chi connectivity index (χ0n) is 8.69. The first-order valence-electron chi connectivity index (χ1n) is 4.92. The van der Waals surface area contributed by atoms with E-state index < -0.39 is 0 Å². The van der Waals surface area contributed by atoms with Gasteiger partial charge in [-0.05, 0) is 18.8 Å². The first-order valence-corrected chi connectivity index (χ1v) is 4.92. The number of rotatable bonds is 5. The zero-order chi connectivity index (χ0) is 9.11. The van der Waals surface area contributed by atoms with Crippen LogP contribution in [0.25, 0.3) is 0 Å². The molecule has 0 aliphatic carbocycles. The summed E-state index contributed by atoms with van der Waals surface area (Å²) in [6, 6.07) is 0. The lowest BCUT2D eigenvalue weighted by atomic mass is 10.0. The van der Waals surface area contributed by atoms with Gasteiger partial charge in [0, 0.05) is 1.43 Å². The van der Waals surface area contributed by atoms with Gasteiger partial charge in [-0.15, -0.1) is 6.58 Å². The van der Waals surface area contributed by atoms with Gasteiger partial charge in [-0.3, -0.25) is 0 Å². The van der Waals surface area contributed by atoms with Crippen LogP contribution in [0, 0.1) is 5.92 Å². The Balaban J connectivity index is -0.000000249. The number of unbranched alkanes of at least 4 members (excludes halogenated alkanes) is 1. The van der Waals surface area contributed by atoms with Gasteiger partial charge >= 0.3 is 0 Å². The summed E-state index contributed by atoms with van der Waals surface area (Å²) in [4.78, 5) is 0.